The Morgan fingerprint density at radius 1 is 1.17 bits per heavy atom. The molecular formula is C35H33NO12. The number of carbonyl (C=O) groups is 2. The van der Waals surface area contributed by atoms with Crippen LogP contribution in [-0.2, 0) is 28.4 Å². The predicted octanol–water partition coefficient (Wildman–Crippen LogP) is 1.39. The lowest BCUT2D eigenvalue weighted by Crippen LogP contribution is -2.62. The first-order valence-corrected chi connectivity index (χ1v) is 15.4. The second kappa shape index (κ2) is 12.1. The quantitative estimate of drug-likeness (QED) is 0.191. The molecule has 3 aliphatic heterocycles. The number of aliphatic hydroxyl groups is 2. The lowest BCUT2D eigenvalue weighted by Gasteiger charge is -2.42. The SMILES string of the molecule is CN[C@@H]1[C@H](O[C@H]2/C3=C/C#C[C@H]4O[C@@]4([C@H]4COC(=O)O4)C#CC3=C[C@@H]2OC(=O)c2c(O)ccc3c(C)cc(OC)cc23)O[C@H](C)[C@H](O)[C@@H]1O. The molecule has 0 radical (unpaired) electrons. The minimum absolute atomic E-state index is 0.0490. The van der Waals surface area contributed by atoms with Crippen molar-refractivity contribution in [1.82, 2.24) is 5.32 Å². The fourth-order valence-electron chi connectivity index (χ4n) is 6.50. The average Bonchev–Trinajstić information content (AvgIpc) is 3.39. The van der Waals surface area contributed by atoms with Crippen molar-refractivity contribution < 1.29 is 58.1 Å². The fourth-order valence-corrected chi connectivity index (χ4v) is 6.50. The number of esters is 1. The third-order valence-electron chi connectivity index (χ3n) is 9.23. The first-order valence-electron chi connectivity index (χ1n) is 15.4. The lowest BCUT2D eigenvalue weighted by atomic mass is 9.97. The molecule has 10 atom stereocenters. The fraction of sp³-hybridized carbons (Fsp3) is 0.429. The first kappa shape index (κ1) is 32.0. The molecule has 13 nitrogen and oxygen atoms in total. The third kappa shape index (κ3) is 5.35. The number of likely N-dealkylation sites (N-methyl/N-ethyl adjacent to an activating group) is 1. The molecule has 0 amide bonds. The Hall–Kier alpha value is -4.60. The summed E-state index contributed by atoms with van der Waals surface area (Å²) in [5.74, 6) is 11.4. The molecule has 3 saturated heterocycles. The van der Waals surface area contributed by atoms with Gasteiger partial charge in [-0.3, -0.25) is 0 Å². The number of aryl methyl sites for hydroxylation is 1. The van der Waals surface area contributed by atoms with Crippen LogP contribution in [0.25, 0.3) is 10.8 Å². The molecular weight excluding hydrogens is 626 g/mol. The van der Waals surface area contributed by atoms with E-state index in [4.69, 9.17) is 33.2 Å². The van der Waals surface area contributed by atoms with Crippen LogP contribution in [0.15, 0.2) is 47.6 Å². The molecule has 2 aromatic rings. The number of hydrogen-bond acceptors (Lipinski definition) is 13. The van der Waals surface area contributed by atoms with Gasteiger partial charge in [-0.15, -0.1) is 0 Å². The van der Waals surface area contributed by atoms with Gasteiger partial charge in [0.15, 0.2) is 24.6 Å². The van der Waals surface area contributed by atoms with E-state index in [9.17, 15) is 24.9 Å². The molecule has 2 aliphatic carbocycles. The molecule has 0 saturated carbocycles. The molecule has 48 heavy (non-hydrogen) atoms. The van der Waals surface area contributed by atoms with Gasteiger partial charge in [0.1, 0.15) is 42.0 Å². The number of epoxide rings is 1. The normalized spacial score (nSPS) is 35.7. The van der Waals surface area contributed by atoms with Crippen molar-refractivity contribution in [2.45, 2.75) is 74.5 Å². The second-order valence-corrected chi connectivity index (χ2v) is 12.1. The van der Waals surface area contributed by atoms with Crippen LogP contribution in [0.5, 0.6) is 11.5 Å². The topological polar surface area (TPSA) is 175 Å². The minimum Gasteiger partial charge on any atom is -0.507 e. The summed E-state index contributed by atoms with van der Waals surface area (Å²) in [7, 11) is 3.10. The molecule has 0 spiro atoms. The van der Waals surface area contributed by atoms with Crippen molar-refractivity contribution in [3.05, 3.63) is 58.7 Å². The highest BCUT2D eigenvalue weighted by Crippen LogP contribution is 2.44. The van der Waals surface area contributed by atoms with E-state index in [0.717, 1.165) is 10.9 Å². The Balaban J connectivity index is 1.27. The van der Waals surface area contributed by atoms with Gasteiger partial charge in [0, 0.05) is 16.5 Å². The summed E-state index contributed by atoms with van der Waals surface area (Å²) < 4.78 is 40.0. The van der Waals surface area contributed by atoms with Gasteiger partial charge >= 0.3 is 12.1 Å². The van der Waals surface area contributed by atoms with E-state index in [1.165, 1.54) is 13.2 Å². The predicted molar refractivity (Wildman–Crippen MR) is 166 cm³/mol. The van der Waals surface area contributed by atoms with Crippen molar-refractivity contribution >= 4 is 22.9 Å². The summed E-state index contributed by atoms with van der Waals surface area (Å²) in [6.45, 7) is 3.42. The number of ether oxygens (including phenoxy) is 7. The Labute approximate surface area is 275 Å². The van der Waals surface area contributed by atoms with Crippen LogP contribution in [0.1, 0.15) is 22.8 Å². The van der Waals surface area contributed by atoms with Crippen LogP contribution in [-0.4, -0.2) is 109 Å². The van der Waals surface area contributed by atoms with Crippen LogP contribution in [0, 0.1) is 30.6 Å². The standard InChI is InChI=1S/C35H33NO12/c1-16-12-19(42-4)14-22-20(16)8-9-23(37)27(22)32(40)45-24-13-18-10-11-35(26-15-43-34(41)46-26)25(48-35)7-5-6-21(18)31(24)47-33-28(36-3)30(39)29(38)17(2)44-33/h6,8-9,12-14,17,24-26,28-31,33,36-39H,15H2,1-4H3/b21-6+/t17-,24+,25-,26-,28+,29+,30-,31+,33+,35+/m1/s1. The maximum Gasteiger partial charge on any atom is 0.508 e. The van der Waals surface area contributed by atoms with Crippen LogP contribution < -0.4 is 10.1 Å². The molecule has 3 fully saturated rings. The number of rotatable bonds is 7. The smallest absolute Gasteiger partial charge is 0.507 e. The van der Waals surface area contributed by atoms with E-state index in [1.807, 2.05) is 13.0 Å². The summed E-state index contributed by atoms with van der Waals surface area (Å²) in [5, 5.41) is 36.3. The number of nitrogens with one attached hydrogen (secondary N) is 1. The largest absolute Gasteiger partial charge is 0.508 e. The number of carbonyl (C=O) groups excluding carboxylic acids is 2. The summed E-state index contributed by atoms with van der Waals surface area (Å²) >= 11 is 0. The zero-order valence-corrected chi connectivity index (χ0v) is 26.4. The lowest BCUT2D eigenvalue weighted by molar-refractivity contribution is -0.273. The zero-order chi connectivity index (χ0) is 33.9. The number of phenols is 1. The maximum atomic E-state index is 14.0. The summed E-state index contributed by atoms with van der Waals surface area (Å²) in [6, 6.07) is 5.74. The van der Waals surface area contributed by atoms with Crippen LogP contribution in [0.4, 0.5) is 4.79 Å². The Morgan fingerprint density at radius 2 is 1.98 bits per heavy atom. The van der Waals surface area contributed by atoms with Crippen molar-refractivity contribution in [1.29, 1.82) is 0 Å². The van der Waals surface area contributed by atoms with Gasteiger partial charge in [0.05, 0.1) is 19.3 Å². The molecule has 0 bridgehead atoms. The van der Waals surface area contributed by atoms with E-state index in [2.05, 4.69) is 29.0 Å². The molecule has 0 aromatic heterocycles. The van der Waals surface area contributed by atoms with Gasteiger partial charge < -0.3 is 53.8 Å². The molecule has 7 rings (SSSR count). The number of fused-ring (bicyclic) bond motifs is 3. The molecule has 4 N–H and O–H groups in total. The van der Waals surface area contributed by atoms with Crippen LogP contribution in [0.3, 0.4) is 0 Å². The minimum atomic E-state index is -1.24. The van der Waals surface area contributed by atoms with Crippen molar-refractivity contribution in [2.24, 2.45) is 0 Å². The zero-order valence-electron chi connectivity index (χ0n) is 26.4. The van der Waals surface area contributed by atoms with Gasteiger partial charge in [0.2, 0.25) is 5.60 Å². The second-order valence-electron chi connectivity index (χ2n) is 12.1. The number of cyclic esters (lactones) is 2. The van der Waals surface area contributed by atoms with Crippen molar-refractivity contribution in [3.63, 3.8) is 0 Å². The van der Waals surface area contributed by atoms with Crippen molar-refractivity contribution in [3.8, 4) is 35.2 Å². The van der Waals surface area contributed by atoms with Crippen molar-refractivity contribution in [2.75, 3.05) is 20.8 Å². The van der Waals surface area contributed by atoms with E-state index in [-0.39, 0.29) is 17.9 Å². The number of allylic oxidation sites excluding steroid dienone is 1. The molecule has 0 unspecified atom stereocenters. The van der Waals surface area contributed by atoms with E-state index in [0.29, 0.717) is 22.3 Å². The Morgan fingerprint density at radius 3 is 2.71 bits per heavy atom. The summed E-state index contributed by atoms with van der Waals surface area (Å²) in [4.78, 5) is 25.7. The van der Waals surface area contributed by atoms with Gasteiger partial charge in [-0.2, -0.15) is 0 Å². The first-order chi connectivity index (χ1) is 23.0. The molecule has 2 aromatic carbocycles. The number of aliphatic hydroxyl groups excluding tert-OH is 2. The summed E-state index contributed by atoms with van der Waals surface area (Å²) in [5.41, 5.74) is 0.400. The molecule has 3 heterocycles. The number of benzene rings is 2. The average molecular weight is 660 g/mol. The van der Waals surface area contributed by atoms with Gasteiger partial charge in [0.25, 0.3) is 0 Å². The van der Waals surface area contributed by atoms with E-state index >= 15 is 0 Å². The molecule has 13 heteroatoms. The number of methoxy groups -OCH3 is 1. The highest BCUT2D eigenvalue weighted by atomic mass is 16.8. The van der Waals surface area contributed by atoms with E-state index in [1.54, 1.807) is 38.3 Å². The van der Waals surface area contributed by atoms with Gasteiger partial charge in [-0.25, -0.2) is 9.59 Å². The number of aromatic hydroxyl groups is 1. The highest BCUT2D eigenvalue weighted by Gasteiger charge is 2.65. The Kier molecular flexibility index (Phi) is 8.08. The maximum absolute atomic E-state index is 14.0. The van der Waals surface area contributed by atoms with Gasteiger partial charge in [-0.1, -0.05) is 29.7 Å². The van der Waals surface area contributed by atoms with Gasteiger partial charge in [-0.05, 0) is 62.2 Å². The molecule has 5 aliphatic rings. The van der Waals surface area contributed by atoms with Crippen LogP contribution in [0.2, 0.25) is 0 Å². The monoisotopic (exact) mass is 659 g/mol. The van der Waals surface area contributed by atoms with Crippen LogP contribution >= 0.6 is 0 Å². The van der Waals surface area contributed by atoms with E-state index < -0.39 is 72.8 Å². The third-order valence-corrected chi connectivity index (χ3v) is 9.23. The number of phenolic OH excluding ortho intramolecular Hbond substituents is 1. The molecule has 250 valence electrons. The number of hydrogen-bond donors (Lipinski definition) is 4. The Bertz CT molecular complexity index is 1880. The summed E-state index contributed by atoms with van der Waals surface area (Å²) in [6.07, 6.45) is -5.56. The highest BCUT2D eigenvalue weighted by molar-refractivity contribution is 6.08.